The van der Waals surface area contributed by atoms with Crippen molar-refractivity contribution in [2.75, 3.05) is 0 Å². The van der Waals surface area contributed by atoms with Gasteiger partial charge < -0.3 is 0 Å². The van der Waals surface area contributed by atoms with Crippen LogP contribution >= 0.6 is 0 Å². The van der Waals surface area contributed by atoms with Crippen LogP contribution in [0.3, 0.4) is 0 Å². The highest BCUT2D eigenvalue weighted by Gasteiger charge is 2.36. The molecule has 0 saturated heterocycles. The van der Waals surface area contributed by atoms with Crippen molar-refractivity contribution in [2.24, 2.45) is 23.7 Å². The number of Topliss-reactive ketones (excluding diaryl/α,β-unsaturated/α-hetero) is 2. The van der Waals surface area contributed by atoms with Gasteiger partial charge in [0.1, 0.15) is 0 Å². The first-order valence-corrected chi connectivity index (χ1v) is 8.63. The van der Waals surface area contributed by atoms with Gasteiger partial charge in [-0.1, -0.05) is 55.4 Å². The van der Waals surface area contributed by atoms with E-state index in [1.54, 1.807) is 0 Å². The van der Waals surface area contributed by atoms with Gasteiger partial charge in [0.25, 0.3) is 0 Å². The summed E-state index contributed by atoms with van der Waals surface area (Å²) in [7, 11) is 0. The summed E-state index contributed by atoms with van der Waals surface area (Å²) in [6.45, 7) is 16.9. The predicted octanol–water partition coefficient (Wildman–Crippen LogP) is 5.14. The van der Waals surface area contributed by atoms with E-state index in [0.29, 0.717) is 24.7 Å². The van der Waals surface area contributed by atoms with Crippen molar-refractivity contribution in [3.05, 3.63) is 22.3 Å². The SMILES string of the molecule is CC(C)CC1=C(C(C)C)C(C(C)C)=C(CC(C)C)C(=O)C1=O. The van der Waals surface area contributed by atoms with E-state index < -0.39 is 0 Å². The number of hydrogen-bond acceptors (Lipinski definition) is 2. The first kappa shape index (κ1) is 18.9. The number of carbonyl (C=O) groups excluding carboxylic acids is 2. The van der Waals surface area contributed by atoms with Crippen molar-refractivity contribution in [3.8, 4) is 0 Å². The van der Waals surface area contributed by atoms with Crippen LogP contribution in [-0.4, -0.2) is 11.6 Å². The highest BCUT2D eigenvalue weighted by Crippen LogP contribution is 2.39. The molecule has 0 unspecified atom stereocenters. The Morgan fingerprint density at radius 2 is 0.864 bits per heavy atom. The van der Waals surface area contributed by atoms with Crippen LogP contribution in [0.15, 0.2) is 22.3 Å². The summed E-state index contributed by atoms with van der Waals surface area (Å²) >= 11 is 0. The summed E-state index contributed by atoms with van der Waals surface area (Å²) in [6.07, 6.45) is 1.40. The number of hydrogen-bond donors (Lipinski definition) is 0. The molecular weight excluding hydrogens is 272 g/mol. The average Bonchev–Trinajstić information content (AvgIpc) is 2.36. The fraction of sp³-hybridized carbons (Fsp3) is 0.700. The van der Waals surface area contributed by atoms with Crippen LogP contribution < -0.4 is 0 Å². The molecule has 1 aliphatic carbocycles. The van der Waals surface area contributed by atoms with Gasteiger partial charge in [-0.2, -0.15) is 0 Å². The van der Waals surface area contributed by atoms with Crippen molar-refractivity contribution >= 4 is 11.6 Å². The predicted molar refractivity (Wildman–Crippen MR) is 92.7 cm³/mol. The highest BCUT2D eigenvalue weighted by molar-refractivity contribution is 6.50. The minimum atomic E-state index is -0.252. The van der Waals surface area contributed by atoms with E-state index in [9.17, 15) is 9.59 Å². The first-order valence-electron chi connectivity index (χ1n) is 8.63. The molecule has 0 N–H and O–H groups in total. The molecule has 0 aliphatic heterocycles. The van der Waals surface area contributed by atoms with Gasteiger partial charge in [-0.15, -0.1) is 0 Å². The average molecular weight is 304 g/mol. The lowest BCUT2D eigenvalue weighted by Crippen LogP contribution is -2.30. The molecule has 0 fully saturated rings. The molecule has 0 radical (unpaired) electrons. The Bertz CT molecular complexity index is 466. The van der Waals surface area contributed by atoms with E-state index in [-0.39, 0.29) is 23.4 Å². The number of allylic oxidation sites excluding steroid dienone is 4. The van der Waals surface area contributed by atoms with E-state index in [1.807, 2.05) is 0 Å². The fourth-order valence-electron chi connectivity index (χ4n) is 3.38. The molecular formula is C20H32O2. The zero-order valence-electron chi connectivity index (χ0n) is 15.5. The Balaban J connectivity index is 3.62. The zero-order valence-corrected chi connectivity index (χ0v) is 15.5. The second kappa shape index (κ2) is 7.39. The molecule has 1 aliphatic rings. The van der Waals surface area contributed by atoms with Crippen LogP contribution in [-0.2, 0) is 9.59 Å². The normalized spacial score (nSPS) is 17.1. The van der Waals surface area contributed by atoms with Crippen molar-refractivity contribution in [1.29, 1.82) is 0 Å². The van der Waals surface area contributed by atoms with Gasteiger partial charge in [0.15, 0.2) is 0 Å². The molecule has 1 rings (SSSR count). The maximum Gasteiger partial charge on any atom is 0.229 e. The first-order chi connectivity index (χ1) is 10.1. The Hall–Kier alpha value is -1.18. The number of ketones is 2. The zero-order chi connectivity index (χ0) is 17.2. The lowest BCUT2D eigenvalue weighted by atomic mass is 9.72. The van der Waals surface area contributed by atoms with Crippen molar-refractivity contribution in [2.45, 2.75) is 68.2 Å². The molecule has 0 heterocycles. The molecule has 0 aromatic heterocycles. The Morgan fingerprint density at radius 1 is 0.591 bits per heavy atom. The summed E-state index contributed by atoms with van der Waals surface area (Å²) in [6, 6.07) is 0. The van der Waals surface area contributed by atoms with Gasteiger partial charge in [0.2, 0.25) is 11.6 Å². The molecule has 22 heavy (non-hydrogen) atoms. The van der Waals surface area contributed by atoms with E-state index in [1.165, 1.54) is 0 Å². The van der Waals surface area contributed by atoms with Gasteiger partial charge in [-0.25, -0.2) is 0 Å². The third-order valence-corrected chi connectivity index (χ3v) is 4.07. The van der Waals surface area contributed by atoms with E-state index in [0.717, 1.165) is 22.3 Å². The molecule has 0 amide bonds. The number of carbonyl (C=O) groups is 2. The van der Waals surface area contributed by atoms with Crippen LogP contribution in [0.25, 0.3) is 0 Å². The molecule has 0 atom stereocenters. The molecule has 0 saturated carbocycles. The summed E-state index contributed by atoms with van der Waals surface area (Å²) in [4.78, 5) is 25.4. The van der Waals surface area contributed by atoms with Crippen LogP contribution in [0.4, 0.5) is 0 Å². The molecule has 0 spiro atoms. The molecule has 0 bridgehead atoms. The van der Waals surface area contributed by atoms with Crippen molar-refractivity contribution in [1.82, 2.24) is 0 Å². The Morgan fingerprint density at radius 3 is 1.05 bits per heavy atom. The molecule has 124 valence electrons. The molecule has 2 heteroatoms. The van der Waals surface area contributed by atoms with Crippen LogP contribution in [0.5, 0.6) is 0 Å². The van der Waals surface area contributed by atoms with Crippen LogP contribution in [0.1, 0.15) is 68.2 Å². The van der Waals surface area contributed by atoms with Gasteiger partial charge in [-0.3, -0.25) is 9.59 Å². The van der Waals surface area contributed by atoms with Crippen LogP contribution in [0.2, 0.25) is 0 Å². The van der Waals surface area contributed by atoms with Gasteiger partial charge >= 0.3 is 0 Å². The van der Waals surface area contributed by atoms with E-state index >= 15 is 0 Å². The number of rotatable bonds is 6. The molecule has 0 aromatic rings. The minimum absolute atomic E-state index is 0.252. The van der Waals surface area contributed by atoms with Crippen LogP contribution in [0, 0.1) is 23.7 Å². The van der Waals surface area contributed by atoms with Gasteiger partial charge in [0, 0.05) is 11.1 Å². The third-order valence-electron chi connectivity index (χ3n) is 4.07. The highest BCUT2D eigenvalue weighted by atomic mass is 16.2. The van der Waals surface area contributed by atoms with E-state index in [2.05, 4.69) is 55.4 Å². The topological polar surface area (TPSA) is 34.1 Å². The summed E-state index contributed by atoms with van der Waals surface area (Å²) in [5, 5.41) is 0. The maximum atomic E-state index is 12.7. The van der Waals surface area contributed by atoms with E-state index in [4.69, 9.17) is 0 Å². The fourth-order valence-corrected chi connectivity index (χ4v) is 3.38. The Labute approximate surface area is 136 Å². The van der Waals surface area contributed by atoms with Gasteiger partial charge in [-0.05, 0) is 47.7 Å². The van der Waals surface area contributed by atoms with Crippen molar-refractivity contribution in [3.63, 3.8) is 0 Å². The minimum Gasteiger partial charge on any atom is -0.285 e. The lowest BCUT2D eigenvalue weighted by Gasteiger charge is -2.31. The second-order valence-electron chi connectivity index (χ2n) is 7.95. The summed E-state index contributed by atoms with van der Waals surface area (Å²) in [5.74, 6) is 0.784. The third kappa shape index (κ3) is 3.97. The second-order valence-corrected chi connectivity index (χ2v) is 7.95. The van der Waals surface area contributed by atoms with Crippen molar-refractivity contribution < 1.29 is 9.59 Å². The maximum absolute atomic E-state index is 12.7. The lowest BCUT2D eigenvalue weighted by molar-refractivity contribution is -0.132. The molecule has 0 aromatic carbocycles. The standard InChI is InChI=1S/C20H32O2/c1-11(2)9-15-17(13(5)6)18(14(7)8)16(10-12(3)4)20(22)19(15)21/h11-14H,9-10H2,1-8H3. The monoisotopic (exact) mass is 304 g/mol. The largest absolute Gasteiger partial charge is 0.285 e. The summed E-state index contributed by atoms with van der Waals surface area (Å²) < 4.78 is 0. The molecule has 2 nitrogen and oxygen atoms in total. The summed E-state index contributed by atoms with van der Waals surface area (Å²) in [5.41, 5.74) is 3.82. The Kier molecular flexibility index (Phi) is 6.34. The quantitative estimate of drug-likeness (QED) is 0.503. The van der Waals surface area contributed by atoms with Gasteiger partial charge in [0.05, 0.1) is 0 Å². The smallest absolute Gasteiger partial charge is 0.229 e.